The Morgan fingerprint density at radius 3 is 2.15 bits per heavy atom. The molecule has 0 atom stereocenters. The van der Waals surface area contributed by atoms with Gasteiger partial charge in [0.2, 0.25) is 0 Å². The Labute approximate surface area is 124 Å². The molecule has 4 rings (SSSR count). The van der Waals surface area contributed by atoms with Gasteiger partial charge in [0.15, 0.2) is 0 Å². The first-order chi connectivity index (χ1) is 9.66. The summed E-state index contributed by atoms with van der Waals surface area (Å²) in [4.78, 5) is 5.11. The van der Waals surface area contributed by atoms with E-state index >= 15 is 0 Å². The third-order valence-corrected chi connectivity index (χ3v) is 15.1. The average molecular weight is 365 g/mol. The van der Waals surface area contributed by atoms with Gasteiger partial charge in [0, 0.05) is 0 Å². The van der Waals surface area contributed by atoms with E-state index in [2.05, 4.69) is 70.5 Å². The van der Waals surface area contributed by atoms with Crippen molar-refractivity contribution >= 4 is 36.3 Å². The second-order valence-corrected chi connectivity index (χ2v) is 18.7. The summed E-state index contributed by atoms with van der Waals surface area (Å²) >= 11 is -2.39. The van der Waals surface area contributed by atoms with Gasteiger partial charge in [-0.05, 0) is 0 Å². The minimum absolute atomic E-state index is 1.11. The van der Waals surface area contributed by atoms with Crippen molar-refractivity contribution in [1.29, 1.82) is 0 Å². The first-order valence-corrected chi connectivity index (χ1v) is 15.8. The van der Waals surface area contributed by atoms with Gasteiger partial charge in [-0.2, -0.15) is 0 Å². The van der Waals surface area contributed by atoms with Crippen molar-refractivity contribution in [2.24, 2.45) is 0 Å². The molecule has 0 radical (unpaired) electrons. The van der Waals surface area contributed by atoms with Crippen LogP contribution in [-0.4, -0.2) is 18.4 Å². The van der Waals surface area contributed by atoms with Gasteiger partial charge in [0.1, 0.15) is 0 Å². The van der Waals surface area contributed by atoms with E-state index < -0.39 is 18.4 Å². The van der Waals surface area contributed by atoms with Crippen LogP contribution in [0.1, 0.15) is 11.1 Å². The van der Waals surface area contributed by atoms with Gasteiger partial charge in [0.25, 0.3) is 0 Å². The molecule has 0 aromatic heterocycles. The quantitative estimate of drug-likeness (QED) is 0.535. The molecule has 20 heavy (non-hydrogen) atoms. The molecular weight excluding hydrogens is 347 g/mol. The van der Waals surface area contributed by atoms with Crippen LogP contribution in [0, 0.1) is 0 Å². The Bertz CT molecular complexity index is 815. The van der Waals surface area contributed by atoms with E-state index in [1.54, 1.807) is 18.3 Å². The molecule has 1 heterocycles. The van der Waals surface area contributed by atoms with Crippen LogP contribution in [-0.2, 0) is 6.42 Å². The van der Waals surface area contributed by atoms with Crippen molar-refractivity contribution in [2.75, 3.05) is 0 Å². The summed E-state index contributed by atoms with van der Waals surface area (Å²) in [5, 5.41) is 2.78. The first kappa shape index (κ1) is 12.5. The van der Waals surface area contributed by atoms with Crippen LogP contribution in [0.4, 0.5) is 0 Å². The van der Waals surface area contributed by atoms with Crippen molar-refractivity contribution in [3.63, 3.8) is 0 Å². The minimum atomic E-state index is -2.39. The predicted molar refractivity (Wildman–Crippen MR) is 89.9 cm³/mol. The number of benzene rings is 3. The zero-order chi connectivity index (χ0) is 13.7. The third-order valence-electron chi connectivity index (χ3n) is 4.72. The maximum absolute atomic E-state index is 2.56. The zero-order valence-corrected chi connectivity index (χ0v) is 14.8. The molecule has 1 aliphatic heterocycles. The van der Waals surface area contributed by atoms with Crippen LogP contribution in [0.15, 0.2) is 60.7 Å². The fourth-order valence-electron chi connectivity index (χ4n) is 3.65. The Morgan fingerprint density at radius 2 is 1.35 bits per heavy atom. The molecule has 0 saturated heterocycles. The van der Waals surface area contributed by atoms with Crippen molar-refractivity contribution < 1.29 is 0 Å². The van der Waals surface area contributed by atoms with Crippen LogP contribution < -0.4 is 7.16 Å². The molecular formula is C19H18Sn. The number of fused-ring (bicyclic) bond motifs is 3. The monoisotopic (exact) mass is 366 g/mol. The topological polar surface area (TPSA) is 0 Å². The van der Waals surface area contributed by atoms with E-state index in [9.17, 15) is 0 Å². The van der Waals surface area contributed by atoms with Gasteiger partial charge in [-0.15, -0.1) is 0 Å². The van der Waals surface area contributed by atoms with Gasteiger partial charge in [-0.25, -0.2) is 0 Å². The van der Waals surface area contributed by atoms with Gasteiger partial charge < -0.3 is 0 Å². The standard InChI is InChI=1S/C17H12.2CH3.Sn/c1-2-6-14(7-3-1)12-15-10-11-16-8-4-5-9-17(16)13-15;;;/h1-6,8-9,11,13H,12H2;2*1H3;. The van der Waals surface area contributed by atoms with Gasteiger partial charge in [-0.3, -0.25) is 0 Å². The van der Waals surface area contributed by atoms with Crippen molar-refractivity contribution in [1.82, 2.24) is 0 Å². The summed E-state index contributed by atoms with van der Waals surface area (Å²) in [6.07, 6.45) is 1.11. The van der Waals surface area contributed by atoms with E-state index in [0.29, 0.717) is 0 Å². The normalized spacial score (nSPS) is 15.7. The molecule has 0 bridgehead atoms. The molecule has 0 unspecified atom stereocenters. The zero-order valence-electron chi connectivity index (χ0n) is 12.0. The first-order valence-electron chi connectivity index (χ1n) is 7.27. The summed E-state index contributed by atoms with van der Waals surface area (Å²) in [5.74, 6) is 0. The summed E-state index contributed by atoms with van der Waals surface area (Å²) in [6, 6.07) is 22.8. The molecule has 1 heteroatoms. The molecule has 0 saturated carbocycles. The second-order valence-electron chi connectivity index (χ2n) is 6.32. The average Bonchev–Trinajstić information content (AvgIpc) is 2.46. The second kappa shape index (κ2) is 4.36. The van der Waals surface area contributed by atoms with Gasteiger partial charge >= 0.3 is 124 Å². The number of hydrogen-bond donors (Lipinski definition) is 0. The predicted octanol–water partition coefficient (Wildman–Crippen LogP) is 3.57. The molecule has 3 aromatic rings. The molecule has 0 N–H and O–H groups in total. The van der Waals surface area contributed by atoms with Crippen LogP contribution in [0.3, 0.4) is 0 Å². The molecule has 0 amide bonds. The van der Waals surface area contributed by atoms with Crippen LogP contribution in [0.25, 0.3) is 10.8 Å². The molecule has 0 fully saturated rings. The SMILES string of the molecule is [CH3][Sn]1([CH3])[c]2ccccc2Cc2cc3ccccc3c[c]21. The molecule has 1 aliphatic rings. The van der Waals surface area contributed by atoms with Crippen LogP contribution in [0.2, 0.25) is 9.88 Å². The molecule has 0 nitrogen and oxygen atoms in total. The van der Waals surface area contributed by atoms with Gasteiger partial charge in [-0.1, -0.05) is 0 Å². The summed E-state index contributed by atoms with van der Waals surface area (Å²) in [7, 11) is 0. The van der Waals surface area contributed by atoms with E-state index in [-0.39, 0.29) is 0 Å². The summed E-state index contributed by atoms with van der Waals surface area (Å²) in [5.41, 5.74) is 3.14. The fourth-order valence-corrected chi connectivity index (χ4v) is 12.9. The van der Waals surface area contributed by atoms with Crippen LogP contribution >= 0.6 is 0 Å². The van der Waals surface area contributed by atoms with Crippen LogP contribution in [0.5, 0.6) is 0 Å². The molecule has 0 aliphatic carbocycles. The van der Waals surface area contributed by atoms with E-state index in [0.717, 1.165) is 6.42 Å². The molecule has 98 valence electrons. The summed E-state index contributed by atoms with van der Waals surface area (Å²) in [6.45, 7) is 0. The number of rotatable bonds is 0. The van der Waals surface area contributed by atoms with Crippen molar-refractivity contribution in [3.05, 3.63) is 71.8 Å². The Balaban J connectivity index is 2.04. The summed E-state index contributed by atoms with van der Waals surface area (Å²) < 4.78 is 3.38. The molecule has 0 spiro atoms. The van der Waals surface area contributed by atoms with E-state index in [4.69, 9.17) is 0 Å². The van der Waals surface area contributed by atoms with E-state index in [1.165, 1.54) is 10.8 Å². The van der Waals surface area contributed by atoms with E-state index in [1.807, 2.05) is 0 Å². The Kier molecular flexibility index (Phi) is 2.71. The Morgan fingerprint density at radius 1 is 0.700 bits per heavy atom. The fraction of sp³-hybridized carbons (Fsp3) is 0.158. The van der Waals surface area contributed by atoms with Gasteiger partial charge in [0.05, 0.1) is 0 Å². The van der Waals surface area contributed by atoms with Crippen molar-refractivity contribution in [3.8, 4) is 0 Å². The third kappa shape index (κ3) is 1.74. The maximum atomic E-state index is 2.56. The number of hydrogen-bond acceptors (Lipinski definition) is 0. The Hall–Kier alpha value is -1.28. The molecule has 3 aromatic carbocycles. The van der Waals surface area contributed by atoms with Crippen molar-refractivity contribution in [2.45, 2.75) is 16.3 Å².